The lowest BCUT2D eigenvalue weighted by atomic mass is 10.2. The highest BCUT2D eigenvalue weighted by Crippen LogP contribution is 2.39. The summed E-state index contributed by atoms with van der Waals surface area (Å²) in [5.41, 5.74) is 11.6. The third kappa shape index (κ3) is 2.19. The maximum Gasteiger partial charge on any atom is 0.261 e. The number of hydrogen-bond donors (Lipinski definition) is 2. The molecule has 2 rings (SSSR count). The molecule has 1 saturated carbocycles. The Morgan fingerprint density at radius 3 is 2.76 bits per heavy atom. The quantitative estimate of drug-likeness (QED) is 0.837. The summed E-state index contributed by atoms with van der Waals surface area (Å²) in [6.45, 7) is 0.896. The molecule has 0 aliphatic heterocycles. The number of amides is 1. The topological polar surface area (TPSA) is 96.1 Å². The van der Waals surface area contributed by atoms with Crippen LogP contribution in [-0.4, -0.2) is 19.5 Å². The Labute approximate surface area is 104 Å². The zero-order valence-electron chi connectivity index (χ0n) is 9.56. The Kier molecular flexibility index (Phi) is 2.94. The summed E-state index contributed by atoms with van der Waals surface area (Å²) in [5.74, 6) is 0.127. The van der Waals surface area contributed by atoms with E-state index in [4.69, 9.17) is 16.7 Å². The van der Waals surface area contributed by atoms with Crippen LogP contribution in [0, 0.1) is 17.2 Å². The maximum absolute atomic E-state index is 11.2. The Hall–Kier alpha value is -1.74. The van der Waals surface area contributed by atoms with Crippen molar-refractivity contribution >= 4 is 27.9 Å². The first kappa shape index (κ1) is 11.7. The molecule has 1 aliphatic rings. The Morgan fingerprint density at radius 2 is 2.29 bits per heavy atom. The molecule has 1 aromatic rings. The van der Waals surface area contributed by atoms with Crippen LogP contribution in [0.2, 0.25) is 0 Å². The summed E-state index contributed by atoms with van der Waals surface area (Å²) in [4.78, 5) is 13.5. The van der Waals surface area contributed by atoms with Crippen LogP contribution in [0.4, 0.5) is 10.7 Å². The molecular weight excluding hydrogens is 236 g/mol. The second kappa shape index (κ2) is 4.26. The van der Waals surface area contributed by atoms with Crippen LogP contribution in [-0.2, 0) is 0 Å². The average molecular weight is 250 g/mol. The number of hydrogen-bond acceptors (Lipinski definition) is 5. The summed E-state index contributed by atoms with van der Waals surface area (Å²) in [5, 5.41) is 9.83. The summed E-state index contributed by atoms with van der Waals surface area (Å²) in [7, 11) is 1.91. The molecule has 17 heavy (non-hydrogen) atoms. The van der Waals surface area contributed by atoms with Crippen molar-refractivity contribution in [3.63, 3.8) is 0 Å². The van der Waals surface area contributed by atoms with E-state index in [1.807, 2.05) is 18.0 Å². The molecule has 1 heterocycles. The fourth-order valence-corrected chi connectivity index (χ4v) is 2.76. The minimum Gasteiger partial charge on any atom is -0.396 e. The lowest BCUT2D eigenvalue weighted by Crippen LogP contribution is -2.19. The van der Waals surface area contributed by atoms with Crippen LogP contribution < -0.4 is 16.4 Å². The molecule has 0 radical (unpaired) electrons. The summed E-state index contributed by atoms with van der Waals surface area (Å²) in [6.07, 6.45) is 2.46. The number of thiophene rings is 1. The van der Waals surface area contributed by atoms with Gasteiger partial charge in [0.1, 0.15) is 21.5 Å². The molecule has 1 aromatic heterocycles. The predicted octanol–water partition coefficient (Wildman–Crippen LogP) is 1.15. The van der Waals surface area contributed by atoms with Gasteiger partial charge in [-0.05, 0) is 18.8 Å². The standard InChI is InChI=1S/C11H14N4OS/c1-15(5-6-2-3-6)11-7(4-12)8(13)9(17-11)10(14)16/h6H,2-3,5,13H2,1H3,(H2,14,16). The lowest BCUT2D eigenvalue weighted by Gasteiger charge is -2.16. The van der Waals surface area contributed by atoms with Crippen LogP contribution >= 0.6 is 11.3 Å². The van der Waals surface area contributed by atoms with Gasteiger partial charge in [-0.2, -0.15) is 5.26 Å². The largest absolute Gasteiger partial charge is 0.396 e. The van der Waals surface area contributed by atoms with Crippen molar-refractivity contribution < 1.29 is 4.79 Å². The van der Waals surface area contributed by atoms with Gasteiger partial charge < -0.3 is 16.4 Å². The van der Waals surface area contributed by atoms with Gasteiger partial charge in [0.25, 0.3) is 5.91 Å². The fourth-order valence-electron chi connectivity index (χ4n) is 1.76. The van der Waals surface area contributed by atoms with Gasteiger partial charge in [-0.15, -0.1) is 11.3 Å². The second-order valence-corrected chi connectivity index (χ2v) is 5.32. The minimum absolute atomic E-state index is 0.211. The number of nitriles is 1. The number of carbonyl (C=O) groups is 1. The number of primary amides is 1. The van der Waals surface area contributed by atoms with E-state index in [1.54, 1.807) is 0 Å². The van der Waals surface area contributed by atoms with Crippen molar-refractivity contribution in [3.8, 4) is 6.07 Å². The lowest BCUT2D eigenvalue weighted by molar-refractivity contribution is 0.100. The normalized spacial score (nSPS) is 14.4. The molecular formula is C11H14N4OS. The molecule has 1 amide bonds. The third-order valence-corrected chi connectivity index (χ3v) is 4.17. The third-order valence-electron chi connectivity index (χ3n) is 2.84. The molecule has 0 atom stereocenters. The van der Waals surface area contributed by atoms with E-state index >= 15 is 0 Å². The van der Waals surface area contributed by atoms with Crippen LogP contribution in [0.5, 0.6) is 0 Å². The molecule has 0 unspecified atom stereocenters. The van der Waals surface area contributed by atoms with Crippen molar-refractivity contribution in [2.75, 3.05) is 24.2 Å². The SMILES string of the molecule is CN(CC1CC1)c1sc(C(N)=O)c(N)c1C#N. The van der Waals surface area contributed by atoms with E-state index in [1.165, 1.54) is 24.2 Å². The van der Waals surface area contributed by atoms with E-state index in [-0.39, 0.29) is 10.6 Å². The van der Waals surface area contributed by atoms with Crippen LogP contribution in [0.3, 0.4) is 0 Å². The molecule has 90 valence electrons. The summed E-state index contributed by atoms with van der Waals surface area (Å²) < 4.78 is 0. The zero-order valence-corrected chi connectivity index (χ0v) is 10.4. The van der Waals surface area contributed by atoms with Gasteiger partial charge in [0.2, 0.25) is 0 Å². The fraction of sp³-hybridized carbons (Fsp3) is 0.455. The minimum atomic E-state index is -0.574. The second-order valence-electron chi connectivity index (χ2n) is 4.32. The van der Waals surface area contributed by atoms with Gasteiger partial charge in [0, 0.05) is 13.6 Å². The Bertz CT molecular complexity index is 498. The number of anilines is 2. The zero-order chi connectivity index (χ0) is 12.6. The molecule has 0 bridgehead atoms. The van der Waals surface area contributed by atoms with E-state index in [0.717, 1.165) is 11.5 Å². The highest BCUT2D eigenvalue weighted by Gasteiger charge is 2.27. The first-order valence-electron chi connectivity index (χ1n) is 5.38. The number of nitrogen functional groups attached to an aromatic ring is 1. The van der Waals surface area contributed by atoms with E-state index in [9.17, 15) is 4.79 Å². The number of rotatable bonds is 4. The molecule has 1 aliphatic carbocycles. The highest BCUT2D eigenvalue weighted by atomic mass is 32.1. The summed E-state index contributed by atoms with van der Waals surface area (Å²) in [6, 6.07) is 2.05. The smallest absolute Gasteiger partial charge is 0.261 e. The van der Waals surface area contributed by atoms with Crippen LogP contribution in [0.1, 0.15) is 28.1 Å². The molecule has 6 heteroatoms. The Balaban J connectivity index is 2.35. The van der Waals surface area contributed by atoms with Gasteiger partial charge in [0.05, 0.1) is 5.69 Å². The van der Waals surface area contributed by atoms with Crippen LogP contribution in [0.25, 0.3) is 0 Å². The van der Waals surface area contributed by atoms with Gasteiger partial charge in [-0.3, -0.25) is 4.79 Å². The van der Waals surface area contributed by atoms with Crippen molar-refractivity contribution in [1.82, 2.24) is 0 Å². The first-order chi connectivity index (χ1) is 8.04. The molecule has 0 saturated heterocycles. The number of nitrogens with zero attached hydrogens (tertiary/aromatic N) is 2. The number of nitrogens with two attached hydrogens (primary N) is 2. The van der Waals surface area contributed by atoms with E-state index in [2.05, 4.69) is 0 Å². The summed E-state index contributed by atoms with van der Waals surface area (Å²) >= 11 is 1.20. The Morgan fingerprint density at radius 1 is 1.65 bits per heavy atom. The van der Waals surface area contributed by atoms with E-state index in [0.29, 0.717) is 11.5 Å². The number of carbonyl (C=O) groups excluding carboxylic acids is 1. The molecule has 4 N–H and O–H groups in total. The first-order valence-corrected chi connectivity index (χ1v) is 6.19. The monoisotopic (exact) mass is 250 g/mol. The molecule has 0 aromatic carbocycles. The molecule has 0 spiro atoms. The van der Waals surface area contributed by atoms with Gasteiger partial charge in [-0.25, -0.2) is 0 Å². The van der Waals surface area contributed by atoms with Gasteiger partial charge in [-0.1, -0.05) is 0 Å². The van der Waals surface area contributed by atoms with Gasteiger partial charge in [0.15, 0.2) is 0 Å². The van der Waals surface area contributed by atoms with Crippen LogP contribution in [0.15, 0.2) is 0 Å². The van der Waals surface area contributed by atoms with Crippen molar-refractivity contribution in [2.45, 2.75) is 12.8 Å². The molecule has 1 fully saturated rings. The van der Waals surface area contributed by atoms with Crippen molar-refractivity contribution in [1.29, 1.82) is 5.26 Å². The van der Waals surface area contributed by atoms with Gasteiger partial charge >= 0.3 is 0 Å². The van der Waals surface area contributed by atoms with Crippen molar-refractivity contribution in [3.05, 3.63) is 10.4 Å². The average Bonchev–Trinajstić information content (AvgIpc) is 3.00. The van der Waals surface area contributed by atoms with E-state index < -0.39 is 5.91 Å². The van der Waals surface area contributed by atoms with Crippen molar-refractivity contribution in [2.24, 2.45) is 11.7 Å². The highest BCUT2D eigenvalue weighted by molar-refractivity contribution is 7.19. The molecule has 5 nitrogen and oxygen atoms in total. The predicted molar refractivity (Wildman–Crippen MR) is 68.0 cm³/mol. The maximum atomic E-state index is 11.2.